The average molecular weight is 340 g/mol. The van der Waals surface area contributed by atoms with Crippen molar-refractivity contribution in [2.45, 2.75) is 18.0 Å². The Morgan fingerprint density at radius 2 is 2.00 bits per heavy atom. The molecule has 0 saturated carbocycles. The number of nitrogens with zero attached hydrogens (tertiary/aromatic N) is 1. The van der Waals surface area contributed by atoms with Crippen molar-refractivity contribution in [3.63, 3.8) is 0 Å². The molecule has 0 unspecified atom stereocenters. The van der Waals surface area contributed by atoms with Crippen LogP contribution in [0.2, 0.25) is 5.02 Å². The third-order valence-electron chi connectivity index (χ3n) is 2.61. The van der Waals surface area contributed by atoms with E-state index in [0.717, 1.165) is 18.3 Å². The van der Waals surface area contributed by atoms with E-state index in [4.69, 9.17) is 11.6 Å². The molecule has 0 aliphatic carbocycles. The Morgan fingerprint density at radius 3 is 2.48 bits per heavy atom. The van der Waals surface area contributed by atoms with Crippen LogP contribution in [0.25, 0.3) is 0 Å². The SMILES string of the molecule is Cc1[nH]ncc1S(=O)(=O)Nc1ccc(C(F)(F)F)cc1Cl. The second kappa shape index (κ2) is 5.23. The van der Waals surface area contributed by atoms with E-state index in [1.165, 1.54) is 6.92 Å². The monoisotopic (exact) mass is 339 g/mol. The third-order valence-corrected chi connectivity index (χ3v) is 4.41. The molecule has 0 fully saturated rings. The van der Waals surface area contributed by atoms with Gasteiger partial charge in [0.25, 0.3) is 10.0 Å². The molecule has 10 heteroatoms. The molecule has 0 radical (unpaired) electrons. The van der Waals surface area contributed by atoms with Crippen LogP contribution in [0.1, 0.15) is 11.3 Å². The maximum absolute atomic E-state index is 12.5. The van der Waals surface area contributed by atoms with E-state index >= 15 is 0 Å². The number of aryl methyl sites for hydroxylation is 1. The van der Waals surface area contributed by atoms with Crippen LogP contribution in [-0.2, 0) is 16.2 Å². The van der Waals surface area contributed by atoms with Gasteiger partial charge < -0.3 is 0 Å². The van der Waals surface area contributed by atoms with E-state index in [-0.39, 0.29) is 15.6 Å². The number of hydrogen-bond donors (Lipinski definition) is 2. The number of aromatic nitrogens is 2. The molecule has 2 N–H and O–H groups in total. The molecule has 2 rings (SSSR count). The van der Waals surface area contributed by atoms with Gasteiger partial charge in [0.1, 0.15) is 4.90 Å². The number of H-pyrrole nitrogens is 1. The molecule has 1 aromatic carbocycles. The van der Waals surface area contributed by atoms with E-state index in [9.17, 15) is 21.6 Å². The summed E-state index contributed by atoms with van der Waals surface area (Å²) in [5, 5.41) is 5.67. The Morgan fingerprint density at radius 1 is 1.33 bits per heavy atom. The highest BCUT2D eigenvalue weighted by Crippen LogP contribution is 2.34. The molecular formula is C11H9ClF3N3O2S. The van der Waals surface area contributed by atoms with Gasteiger partial charge in [-0.2, -0.15) is 18.3 Å². The highest BCUT2D eigenvalue weighted by molar-refractivity contribution is 7.92. The highest BCUT2D eigenvalue weighted by Gasteiger charge is 2.31. The molecule has 0 atom stereocenters. The van der Waals surface area contributed by atoms with Crippen LogP contribution in [0.5, 0.6) is 0 Å². The van der Waals surface area contributed by atoms with Gasteiger partial charge in [0, 0.05) is 0 Å². The van der Waals surface area contributed by atoms with Crippen molar-refractivity contribution in [3.8, 4) is 0 Å². The number of rotatable bonds is 3. The number of benzene rings is 1. The predicted octanol–water partition coefficient (Wildman–Crippen LogP) is 3.19. The van der Waals surface area contributed by atoms with Gasteiger partial charge in [-0.3, -0.25) is 9.82 Å². The quantitative estimate of drug-likeness (QED) is 0.901. The van der Waals surface area contributed by atoms with Crippen molar-refractivity contribution in [3.05, 3.63) is 40.7 Å². The number of aromatic amines is 1. The molecule has 5 nitrogen and oxygen atoms in total. The van der Waals surface area contributed by atoms with Crippen molar-refractivity contribution in [1.82, 2.24) is 10.2 Å². The fraction of sp³-hybridized carbons (Fsp3) is 0.182. The maximum atomic E-state index is 12.5. The molecule has 0 bridgehead atoms. The Labute approximate surface area is 123 Å². The minimum absolute atomic E-state index is 0.113. The molecule has 0 spiro atoms. The number of hydrogen-bond acceptors (Lipinski definition) is 3. The highest BCUT2D eigenvalue weighted by atomic mass is 35.5. The van der Waals surface area contributed by atoms with Crippen LogP contribution in [0.15, 0.2) is 29.3 Å². The first-order valence-corrected chi connectivity index (χ1v) is 7.37. The van der Waals surface area contributed by atoms with Crippen LogP contribution >= 0.6 is 11.6 Å². The molecule has 0 amide bonds. The van der Waals surface area contributed by atoms with Gasteiger partial charge in [0.15, 0.2) is 0 Å². The van der Waals surface area contributed by atoms with Crippen molar-refractivity contribution in [2.24, 2.45) is 0 Å². The minimum Gasteiger partial charge on any atom is -0.281 e. The van der Waals surface area contributed by atoms with Gasteiger partial charge in [-0.1, -0.05) is 11.6 Å². The lowest BCUT2D eigenvalue weighted by atomic mass is 10.2. The molecule has 1 aromatic heterocycles. The Balaban J connectivity index is 2.35. The predicted molar refractivity (Wildman–Crippen MR) is 70.6 cm³/mol. The second-order valence-electron chi connectivity index (χ2n) is 4.16. The fourth-order valence-corrected chi connectivity index (χ4v) is 3.09. The molecule has 2 aromatic rings. The van der Waals surface area contributed by atoms with Crippen molar-refractivity contribution < 1.29 is 21.6 Å². The number of nitrogens with one attached hydrogen (secondary N) is 2. The lowest BCUT2D eigenvalue weighted by Gasteiger charge is -2.11. The summed E-state index contributed by atoms with van der Waals surface area (Å²) < 4.78 is 63.8. The maximum Gasteiger partial charge on any atom is 0.416 e. The van der Waals surface area contributed by atoms with Crippen molar-refractivity contribution >= 4 is 27.3 Å². The zero-order chi connectivity index (χ0) is 15.8. The van der Waals surface area contributed by atoms with Gasteiger partial charge in [0.2, 0.25) is 0 Å². The zero-order valence-corrected chi connectivity index (χ0v) is 12.1. The first-order valence-electron chi connectivity index (χ1n) is 5.51. The third kappa shape index (κ3) is 3.30. The molecule has 114 valence electrons. The van der Waals surface area contributed by atoms with Gasteiger partial charge in [-0.05, 0) is 25.1 Å². The Bertz CT molecular complexity index is 771. The van der Waals surface area contributed by atoms with Crippen molar-refractivity contribution in [2.75, 3.05) is 4.72 Å². The molecule has 1 heterocycles. The molecule has 21 heavy (non-hydrogen) atoms. The van der Waals surface area contributed by atoms with Gasteiger partial charge >= 0.3 is 6.18 Å². The van der Waals surface area contributed by atoms with E-state index in [2.05, 4.69) is 14.9 Å². The first kappa shape index (κ1) is 15.6. The van der Waals surface area contributed by atoms with Gasteiger partial charge in [0.05, 0.1) is 28.2 Å². The molecular weight excluding hydrogens is 331 g/mol. The van der Waals surface area contributed by atoms with E-state index in [1.54, 1.807) is 0 Å². The summed E-state index contributed by atoms with van der Waals surface area (Å²) in [6.45, 7) is 1.50. The molecule has 0 aliphatic rings. The summed E-state index contributed by atoms with van der Waals surface area (Å²) in [4.78, 5) is -0.113. The Hall–Kier alpha value is -1.74. The summed E-state index contributed by atoms with van der Waals surface area (Å²) in [6.07, 6.45) is -3.46. The Kier molecular flexibility index (Phi) is 3.89. The lowest BCUT2D eigenvalue weighted by Crippen LogP contribution is -2.14. The topological polar surface area (TPSA) is 74.8 Å². The van der Waals surface area contributed by atoms with E-state index in [1.807, 2.05) is 0 Å². The fourth-order valence-electron chi connectivity index (χ4n) is 1.58. The second-order valence-corrected chi connectivity index (χ2v) is 6.22. The van der Waals surface area contributed by atoms with Crippen LogP contribution in [-0.4, -0.2) is 18.6 Å². The van der Waals surface area contributed by atoms with Crippen LogP contribution in [0.3, 0.4) is 0 Å². The number of halogens is 4. The van der Waals surface area contributed by atoms with Crippen LogP contribution in [0.4, 0.5) is 18.9 Å². The van der Waals surface area contributed by atoms with E-state index in [0.29, 0.717) is 11.8 Å². The van der Waals surface area contributed by atoms with Crippen LogP contribution < -0.4 is 4.72 Å². The number of anilines is 1. The van der Waals surface area contributed by atoms with Crippen LogP contribution in [0, 0.1) is 6.92 Å². The first-order chi connectivity index (χ1) is 9.61. The average Bonchev–Trinajstić information content (AvgIpc) is 2.77. The van der Waals surface area contributed by atoms with E-state index < -0.39 is 21.8 Å². The summed E-state index contributed by atoms with van der Waals surface area (Å²) >= 11 is 5.69. The van der Waals surface area contributed by atoms with Crippen molar-refractivity contribution in [1.29, 1.82) is 0 Å². The summed E-state index contributed by atoms with van der Waals surface area (Å²) in [6, 6.07) is 2.35. The van der Waals surface area contributed by atoms with Gasteiger partial charge in [-0.15, -0.1) is 0 Å². The smallest absolute Gasteiger partial charge is 0.281 e. The molecule has 0 aliphatic heterocycles. The largest absolute Gasteiger partial charge is 0.416 e. The summed E-state index contributed by atoms with van der Waals surface area (Å²) in [7, 11) is -3.98. The molecule has 0 saturated heterocycles. The number of sulfonamides is 1. The minimum atomic E-state index is -4.55. The zero-order valence-electron chi connectivity index (χ0n) is 10.5. The number of alkyl halides is 3. The summed E-state index contributed by atoms with van der Waals surface area (Å²) in [5.41, 5.74) is -0.814. The lowest BCUT2D eigenvalue weighted by molar-refractivity contribution is -0.137. The standard InChI is InChI=1S/C11H9ClF3N3O2S/c1-6-10(5-16-17-6)21(19,20)18-9-3-2-7(4-8(9)12)11(13,14)15/h2-5,18H,1H3,(H,16,17). The van der Waals surface area contributed by atoms with Gasteiger partial charge in [-0.25, -0.2) is 8.42 Å². The normalized spacial score (nSPS) is 12.4. The summed E-state index contributed by atoms with van der Waals surface area (Å²) in [5.74, 6) is 0.